The molecule has 0 amide bonds. The Hall–Kier alpha value is -1.09. The summed E-state index contributed by atoms with van der Waals surface area (Å²) in [7, 11) is 0. The van der Waals surface area contributed by atoms with Crippen molar-refractivity contribution in [3.63, 3.8) is 0 Å². The standard InChI is InChI=1S/C6H8ClN3/c7-4-1-3(8)2-5(9)6(4)10/h1-2H,8-10H2. The lowest BCUT2D eigenvalue weighted by molar-refractivity contribution is 1.65. The lowest BCUT2D eigenvalue weighted by Crippen LogP contribution is -1.97. The summed E-state index contributed by atoms with van der Waals surface area (Å²) in [6.07, 6.45) is 0. The SMILES string of the molecule is Nc1cc(N)c(N)c(Cl)c1. The molecule has 1 aromatic carbocycles. The molecule has 0 aromatic heterocycles. The Bertz CT molecular complexity index is 236. The van der Waals surface area contributed by atoms with E-state index in [-0.39, 0.29) is 0 Å². The minimum absolute atomic E-state index is 0.385. The van der Waals surface area contributed by atoms with E-state index in [0.717, 1.165) is 0 Å². The molecule has 0 aliphatic carbocycles. The Morgan fingerprint density at radius 1 is 1.10 bits per heavy atom. The van der Waals surface area contributed by atoms with Crippen molar-refractivity contribution in [1.29, 1.82) is 0 Å². The zero-order chi connectivity index (χ0) is 7.72. The minimum atomic E-state index is 0.385. The smallest absolute Gasteiger partial charge is 0.0738 e. The highest BCUT2D eigenvalue weighted by Gasteiger charge is 2.00. The van der Waals surface area contributed by atoms with Crippen molar-refractivity contribution in [3.05, 3.63) is 17.2 Å². The van der Waals surface area contributed by atoms with E-state index in [1.54, 1.807) is 12.1 Å². The van der Waals surface area contributed by atoms with Gasteiger partial charge in [0.1, 0.15) is 0 Å². The zero-order valence-corrected chi connectivity index (χ0v) is 6.02. The van der Waals surface area contributed by atoms with Gasteiger partial charge in [0.15, 0.2) is 0 Å². The van der Waals surface area contributed by atoms with Gasteiger partial charge in [-0.3, -0.25) is 0 Å². The predicted octanol–water partition coefficient (Wildman–Crippen LogP) is 1.09. The summed E-state index contributed by atoms with van der Waals surface area (Å²) in [4.78, 5) is 0. The molecule has 0 atom stereocenters. The molecular weight excluding hydrogens is 150 g/mol. The Kier molecular flexibility index (Phi) is 1.59. The third-order valence-electron chi connectivity index (χ3n) is 1.18. The summed E-state index contributed by atoms with van der Waals surface area (Å²) >= 11 is 5.63. The number of nitrogen functional groups attached to an aromatic ring is 3. The number of benzene rings is 1. The quantitative estimate of drug-likeness (QED) is 0.494. The second kappa shape index (κ2) is 2.27. The van der Waals surface area contributed by atoms with Crippen molar-refractivity contribution in [2.75, 3.05) is 17.2 Å². The molecule has 10 heavy (non-hydrogen) atoms. The lowest BCUT2D eigenvalue weighted by Gasteiger charge is -2.02. The van der Waals surface area contributed by atoms with E-state index in [0.29, 0.717) is 22.1 Å². The van der Waals surface area contributed by atoms with Gasteiger partial charge in [-0.2, -0.15) is 0 Å². The maximum Gasteiger partial charge on any atom is 0.0738 e. The van der Waals surface area contributed by atoms with Crippen molar-refractivity contribution in [2.45, 2.75) is 0 Å². The van der Waals surface area contributed by atoms with E-state index in [1.807, 2.05) is 0 Å². The summed E-state index contributed by atoms with van der Waals surface area (Å²) in [5, 5.41) is 0.400. The van der Waals surface area contributed by atoms with Crippen LogP contribution in [0.3, 0.4) is 0 Å². The lowest BCUT2D eigenvalue weighted by atomic mass is 10.2. The van der Waals surface area contributed by atoms with Crippen LogP contribution in [0.1, 0.15) is 0 Å². The van der Waals surface area contributed by atoms with Gasteiger partial charge in [-0.05, 0) is 12.1 Å². The summed E-state index contributed by atoms with van der Waals surface area (Å²) in [5.41, 5.74) is 17.6. The molecule has 0 unspecified atom stereocenters. The molecule has 0 saturated carbocycles. The van der Waals surface area contributed by atoms with Crippen LogP contribution >= 0.6 is 11.6 Å². The molecule has 0 heterocycles. The number of halogens is 1. The summed E-state index contributed by atoms with van der Waals surface area (Å²) in [6.45, 7) is 0. The molecule has 0 aliphatic rings. The Balaban J connectivity index is 3.31. The van der Waals surface area contributed by atoms with Crippen LogP contribution in [0.5, 0.6) is 0 Å². The van der Waals surface area contributed by atoms with Gasteiger partial charge in [-0.1, -0.05) is 11.6 Å². The van der Waals surface area contributed by atoms with E-state index >= 15 is 0 Å². The molecule has 0 aliphatic heterocycles. The average molecular weight is 158 g/mol. The number of nitrogens with two attached hydrogens (primary N) is 3. The summed E-state index contributed by atoms with van der Waals surface area (Å²) in [6, 6.07) is 3.13. The fourth-order valence-electron chi connectivity index (χ4n) is 0.661. The van der Waals surface area contributed by atoms with Crippen molar-refractivity contribution >= 4 is 28.7 Å². The summed E-state index contributed by atoms with van der Waals surface area (Å²) in [5.74, 6) is 0. The van der Waals surface area contributed by atoms with Gasteiger partial charge < -0.3 is 17.2 Å². The highest BCUT2D eigenvalue weighted by Crippen LogP contribution is 2.27. The third kappa shape index (κ3) is 1.09. The molecule has 4 heteroatoms. The molecular formula is C6H8ClN3. The van der Waals surface area contributed by atoms with Crippen LogP contribution < -0.4 is 17.2 Å². The van der Waals surface area contributed by atoms with Crippen LogP contribution in [0.4, 0.5) is 17.1 Å². The molecule has 1 rings (SSSR count). The van der Waals surface area contributed by atoms with E-state index < -0.39 is 0 Å². The first-order chi connectivity index (χ1) is 4.61. The van der Waals surface area contributed by atoms with E-state index in [1.165, 1.54) is 0 Å². The summed E-state index contributed by atoms with van der Waals surface area (Å²) < 4.78 is 0. The number of hydrogen-bond donors (Lipinski definition) is 3. The Labute approximate surface area is 63.8 Å². The molecule has 0 radical (unpaired) electrons. The first kappa shape index (κ1) is 7.02. The first-order valence-corrected chi connectivity index (χ1v) is 3.09. The van der Waals surface area contributed by atoms with Gasteiger partial charge in [0.05, 0.1) is 16.4 Å². The second-order valence-corrected chi connectivity index (χ2v) is 2.41. The molecule has 0 bridgehead atoms. The van der Waals surface area contributed by atoms with Crippen molar-refractivity contribution < 1.29 is 0 Å². The average Bonchev–Trinajstić information content (AvgIpc) is 1.82. The monoisotopic (exact) mass is 157 g/mol. The van der Waals surface area contributed by atoms with Crippen LogP contribution in [0.25, 0.3) is 0 Å². The first-order valence-electron chi connectivity index (χ1n) is 2.71. The van der Waals surface area contributed by atoms with Crippen molar-refractivity contribution in [1.82, 2.24) is 0 Å². The third-order valence-corrected chi connectivity index (χ3v) is 1.50. The molecule has 54 valence electrons. The van der Waals surface area contributed by atoms with Gasteiger partial charge in [0.25, 0.3) is 0 Å². The fraction of sp³-hybridized carbons (Fsp3) is 0. The van der Waals surface area contributed by atoms with Gasteiger partial charge in [0, 0.05) is 5.69 Å². The largest absolute Gasteiger partial charge is 0.399 e. The van der Waals surface area contributed by atoms with Gasteiger partial charge in [0.2, 0.25) is 0 Å². The van der Waals surface area contributed by atoms with Crippen LogP contribution in [0, 0.1) is 0 Å². The predicted molar refractivity (Wildman–Crippen MR) is 44.7 cm³/mol. The van der Waals surface area contributed by atoms with Crippen LogP contribution in [0.2, 0.25) is 5.02 Å². The van der Waals surface area contributed by atoms with Crippen LogP contribution in [0.15, 0.2) is 12.1 Å². The van der Waals surface area contributed by atoms with Crippen molar-refractivity contribution in [3.8, 4) is 0 Å². The second-order valence-electron chi connectivity index (χ2n) is 2.01. The highest BCUT2D eigenvalue weighted by atomic mass is 35.5. The molecule has 6 N–H and O–H groups in total. The molecule has 3 nitrogen and oxygen atoms in total. The zero-order valence-electron chi connectivity index (χ0n) is 5.26. The maximum absolute atomic E-state index is 5.63. The minimum Gasteiger partial charge on any atom is -0.399 e. The highest BCUT2D eigenvalue weighted by molar-refractivity contribution is 6.34. The number of anilines is 3. The van der Waals surface area contributed by atoms with Crippen LogP contribution in [-0.2, 0) is 0 Å². The molecule has 0 saturated heterocycles. The fourth-order valence-corrected chi connectivity index (χ4v) is 0.896. The van der Waals surface area contributed by atoms with Gasteiger partial charge in [-0.25, -0.2) is 0 Å². The number of rotatable bonds is 0. The molecule has 0 spiro atoms. The Morgan fingerprint density at radius 2 is 1.70 bits per heavy atom. The Morgan fingerprint density at radius 3 is 2.20 bits per heavy atom. The van der Waals surface area contributed by atoms with E-state index in [4.69, 9.17) is 28.8 Å². The normalized spacial score (nSPS) is 9.70. The van der Waals surface area contributed by atoms with Gasteiger partial charge >= 0.3 is 0 Å². The van der Waals surface area contributed by atoms with E-state index in [9.17, 15) is 0 Å². The van der Waals surface area contributed by atoms with Crippen molar-refractivity contribution in [2.24, 2.45) is 0 Å². The molecule has 1 aromatic rings. The van der Waals surface area contributed by atoms with E-state index in [2.05, 4.69) is 0 Å². The molecule has 0 fully saturated rings. The maximum atomic E-state index is 5.63. The topological polar surface area (TPSA) is 78.1 Å². The van der Waals surface area contributed by atoms with Gasteiger partial charge in [-0.15, -0.1) is 0 Å². The number of hydrogen-bond acceptors (Lipinski definition) is 3. The van der Waals surface area contributed by atoms with Crippen LogP contribution in [-0.4, -0.2) is 0 Å².